The lowest BCUT2D eigenvalue weighted by Gasteiger charge is -2.43. The van der Waals surface area contributed by atoms with Crippen LogP contribution in [0.25, 0.3) is 0 Å². The Bertz CT molecular complexity index is 906. The first-order valence-corrected chi connectivity index (χ1v) is 14.1. The molecule has 4 rings (SSSR count). The zero-order chi connectivity index (χ0) is 36.0. The second-order valence-corrected chi connectivity index (χ2v) is 11.1. The minimum atomic E-state index is -2.22. The van der Waals surface area contributed by atoms with Crippen molar-refractivity contribution >= 4 is 0 Å². The Morgan fingerprint density at radius 1 is 0.447 bits per heavy atom. The Hall–Kier alpha value is -0.920. The first-order chi connectivity index (χ1) is 21.9. The minimum Gasteiger partial charge on any atom is -0.394 e. The maximum Gasteiger partial charge on any atom is 0.224 e. The molecule has 0 aromatic heterocycles. The van der Waals surface area contributed by atoms with Gasteiger partial charge in [0.2, 0.25) is 11.6 Å². The van der Waals surface area contributed by atoms with Crippen LogP contribution in [-0.2, 0) is 23.7 Å². The van der Waals surface area contributed by atoms with Gasteiger partial charge in [-0.1, -0.05) is 0 Å². The minimum absolute atomic E-state index is 0.526. The largest absolute Gasteiger partial charge is 0.394 e. The number of hydrogen-bond donors (Lipinski definition) is 18. The van der Waals surface area contributed by atoms with E-state index in [0.717, 1.165) is 0 Å². The van der Waals surface area contributed by atoms with Crippen LogP contribution in [0.2, 0.25) is 0 Å². The number of hydrogen-bond acceptors (Lipinski definition) is 23. The Kier molecular flexibility index (Phi) is 16.0. The Balaban J connectivity index is 0.000000270. The predicted molar refractivity (Wildman–Crippen MR) is 141 cm³/mol. The van der Waals surface area contributed by atoms with E-state index in [0.29, 0.717) is 0 Å². The van der Waals surface area contributed by atoms with E-state index in [2.05, 4.69) is 9.47 Å². The van der Waals surface area contributed by atoms with Crippen LogP contribution in [-0.4, -0.2) is 241 Å². The fourth-order valence-corrected chi connectivity index (χ4v) is 4.86. The summed E-state index contributed by atoms with van der Waals surface area (Å²) in [6, 6.07) is 0. The van der Waals surface area contributed by atoms with E-state index >= 15 is 0 Å². The molecule has 4 aliphatic rings. The molecule has 47 heavy (non-hydrogen) atoms. The summed E-state index contributed by atoms with van der Waals surface area (Å²) in [4.78, 5) is 0. The van der Waals surface area contributed by atoms with E-state index in [1.165, 1.54) is 0 Å². The van der Waals surface area contributed by atoms with Gasteiger partial charge < -0.3 is 116 Å². The number of ether oxygens (including phenoxy) is 5. The molecule has 0 aromatic carbocycles. The molecule has 4 aliphatic heterocycles. The van der Waals surface area contributed by atoms with Crippen LogP contribution in [0.1, 0.15) is 0 Å². The van der Waals surface area contributed by atoms with Crippen LogP contribution in [0.5, 0.6) is 0 Å². The van der Waals surface area contributed by atoms with Gasteiger partial charge in [-0.15, -0.1) is 0 Å². The van der Waals surface area contributed by atoms with Gasteiger partial charge in [-0.05, 0) is 0 Å². The highest BCUT2D eigenvalue weighted by molar-refractivity contribution is 4.98. The second kappa shape index (κ2) is 17.8. The standard InChI is InChI=1S/C12H22O11.2C6H12O6/c13-1-4-6(16)8(18)9(19)11(21-4)23-12(3-15)10(20)7(17)5(2-14)22-12;7-1-3-4(9)5(10)6(11,2-8)12-3;7-1-2-3(8)4(9)5(10)6(11)12-2/h4-11,13-20H,1-3H2;3-5,7-11H,1-2H2;2-11H,1H2/t4-,5-,6-,7-,8+,9-,10+,11?,12+;3-,4-,5+,6?;2?,3-,4-,5?,6+/m111/s1. The van der Waals surface area contributed by atoms with Crippen molar-refractivity contribution in [3.05, 3.63) is 0 Å². The molecule has 23 heteroatoms. The first kappa shape index (κ1) is 42.2. The molecule has 4 heterocycles. The van der Waals surface area contributed by atoms with Gasteiger partial charge in [0.1, 0.15) is 92.1 Å². The topological polar surface area (TPSA) is 410 Å². The Morgan fingerprint density at radius 2 is 0.894 bits per heavy atom. The molecule has 0 aliphatic carbocycles. The smallest absolute Gasteiger partial charge is 0.224 e. The van der Waals surface area contributed by atoms with E-state index in [1.54, 1.807) is 0 Å². The molecule has 0 amide bonds. The van der Waals surface area contributed by atoms with Crippen LogP contribution < -0.4 is 0 Å². The fraction of sp³-hybridized carbons (Fsp3) is 1.00. The van der Waals surface area contributed by atoms with Gasteiger partial charge in [0.15, 0.2) is 12.6 Å². The van der Waals surface area contributed by atoms with Crippen LogP contribution in [0, 0.1) is 0 Å². The SMILES string of the molecule is OCC1O[C@H](O)C(O)[C@H](O)[C@@H]1O.OC[C@H]1OC(O)(CO)[C@@H](O)[C@@H]1O.OC[C@H]1O[C@@](CO)(OC2O[C@H](CO)[C@@H](O)[C@H](O)[C@H]2O)[C@@H](O)[C@@H]1O. The molecule has 0 bridgehead atoms. The quantitative estimate of drug-likeness (QED) is 0.112. The molecule has 18 atom stereocenters. The van der Waals surface area contributed by atoms with Crippen LogP contribution in [0.3, 0.4) is 0 Å². The number of rotatable bonds is 8. The summed E-state index contributed by atoms with van der Waals surface area (Å²) in [5.74, 6) is -4.38. The highest BCUT2D eigenvalue weighted by atomic mass is 16.8. The molecular weight excluding hydrogens is 656 g/mol. The lowest BCUT2D eigenvalue weighted by atomic mass is 9.99. The summed E-state index contributed by atoms with van der Waals surface area (Å²) < 4.78 is 24.6. The van der Waals surface area contributed by atoms with Crippen LogP contribution in [0.15, 0.2) is 0 Å². The van der Waals surface area contributed by atoms with Gasteiger partial charge in [-0.3, -0.25) is 0 Å². The first-order valence-electron chi connectivity index (χ1n) is 14.1. The summed E-state index contributed by atoms with van der Waals surface area (Å²) in [6.07, 6.45) is -23.7. The molecule has 280 valence electrons. The summed E-state index contributed by atoms with van der Waals surface area (Å²) in [5.41, 5.74) is 0. The van der Waals surface area contributed by atoms with E-state index in [1.807, 2.05) is 0 Å². The zero-order valence-electron chi connectivity index (χ0n) is 24.6. The van der Waals surface area contributed by atoms with E-state index in [-0.39, 0.29) is 0 Å². The molecule has 4 unspecified atom stereocenters. The van der Waals surface area contributed by atoms with Crippen molar-refractivity contribution < 1.29 is 116 Å². The maximum absolute atomic E-state index is 10.00. The summed E-state index contributed by atoms with van der Waals surface area (Å²) >= 11 is 0. The van der Waals surface area contributed by atoms with Crippen LogP contribution >= 0.6 is 0 Å². The van der Waals surface area contributed by atoms with Gasteiger partial charge >= 0.3 is 0 Å². The van der Waals surface area contributed by atoms with Crippen molar-refractivity contribution in [2.24, 2.45) is 0 Å². The van der Waals surface area contributed by atoms with Crippen molar-refractivity contribution in [2.45, 2.75) is 110 Å². The normalized spacial score (nSPS) is 49.9. The zero-order valence-corrected chi connectivity index (χ0v) is 24.6. The molecular formula is C24H46O23. The van der Waals surface area contributed by atoms with Gasteiger partial charge in [-0.2, -0.15) is 0 Å². The molecule has 0 saturated carbocycles. The lowest BCUT2D eigenvalue weighted by molar-refractivity contribution is -0.383. The van der Waals surface area contributed by atoms with Gasteiger partial charge in [0.25, 0.3) is 0 Å². The molecule has 0 radical (unpaired) electrons. The van der Waals surface area contributed by atoms with Crippen molar-refractivity contribution in [3.63, 3.8) is 0 Å². The Labute approximate surface area is 265 Å². The third kappa shape index (κ3) is 9.06. The van der Waals surface area contributed by atoms with E-state index in [4.69, 9.17) is 70.4 Å². The van der Waals surface area contributed by atoms with Crippen LogP contribution in [0.4, 0.5) is 0 Å². The fourth-order valence-electron chi connectivity index (χ4n) is 4.86. The monoisotopic (exact) mass is 702 g/mol. The molecule has 4 fully saturated rings. The highest BCUT2D eigenvalue weighted by Crippen LogP contribution is 2.36. The van der Waals surface area contributed by atoms with Crippen molar-refractivity contribution in [2.75, 3.05) is 39.6 Å². The summed E-state index contributed by atoms with van der Waals surface area (Å²) in [5, 5.41) is 166. The highest BCUT2D eigenvalue weighted by Gasteiger charge is 2.58. The van der Waals surface area contributed by atoms with Gasteiger partial charge in [-0.25, -0.2) is 0 Å². The maximum atomic E-state index is 10.00. The lowest BCUT2D eigenvalue weighted by Crippen LogP contribution is -2.62. The Morgan fingerprint density at radius 3 is 1.30 bits per heavy atom. The average molecular weight is 703 g/mol. The molecule has 18 N–H and O–H groups in total. The predicted octanol–water partition coefficient (Wildman–Crippen LogP) is -11.8. The van der Waals surface area contributed by atoms with E-state index < -0.39 is 149 Å². The summed E-state index contributed by atoms with van der Waals surface area (Å²) in [7, 11) is 0. The van der Waals surface area contributed by atoms with E-state index in [9.17, 15) is 35.7 Å². The molecule has 0 aromatic rings. The van der Waals surface area contributed by atoms with Crippen molar-refractivity contribution in [1.82, 2.24) is 0 Å². The molecule has 0 spiro atoms. The summed E-state index contributed by atoms with van der Waals surface area (Å²) in [6.45, 7) is -4.21. The molecule has 4 saturated heterocycles. The second-order valence-electron chi connectivity index (χ2n) is 11.1. The number of aliphatic hydroxyl groups is 18. The van der Waals surface area contributed by atoms with Crippen molar-refractivity contribution in [1.29, 1.82) is 0 Å². The molecule has 23 nitrogen and oxygen atoms in total. The third-order valence-electron chi connectivity index (χ3n) is 7.87. The van der Waals surface area contributed by atoms with Crippen molar-refractivity contribution in [3.8, 4) is 0 Å². The third-order valence-corrected chi connectivity index (χ3v) is 7.87. The van der Waals surface area contributed by atoms with Gasteiger partial charge in [0.05, 0.1) is 33.0 Å². The average Bonchev–Trinajstić information content (AvgIpc) is 3.45. The van der Waals surface area contributed by atoms with Gasteiger partial charge in [0, 0.05) is 0 Å². The number of aliphatic hydroxyl groups excluding tert-OH is 17.